The van der Waals surface area contributed by atoms with Crippen molar-refractivity contribution in [2.24, 2.45) is 5.92 Å². The molecule has 0 unspecified atom stereocenters. The van der Waals surface area contributed by atoms with Gasteiger partial charge in [0.15, 0.2) is 0 Å². The van der Waals surface area contributed by atoms with Crippen molar-refractivity contribution in [3.63, 3.8) is 0 Å². The van der Waals surface area contributed by atoms with Crippen LogP contribution in [-0.2, 0) is 6.54 Å². The number of carbonyl (C=O) groups excluding carboxylic acids is 1. The van der Waals surface area contributed by atoms with Crippen molar-refractivity contribution in [3.05, 3.63) is 42.0 Å². The van der Waals surface area contributed by atoms with Crippen molar-refractivity contribution in [1.29, 1.82) is 0 Å². The number of nitrogens with zero attached hydrogens (tertiary/aromatic N) is 2. The summed E-state index contributed by atoms with van der Waals surface area (Å²) in [6, 6.07) is 8.54. The van der Waals surface area contributed by atoms with E-state index in [1.54, 1.807) is 0 Å². The van der Waals surface area contributed by atoms with Gasteiger partial charge in [0.2, 0.25) is 0 Å². The number of benzene rings is 1. The molecule has 0 bridgehead atoms. The number of likely N-dealkylation sites (tertiary alicyclic amines) is 1. The molecule has 3 aliphatic rings. The maximum atomic E-state index is 12.5. The van der Waals surface area contributed by atoms with E-state index in [9.17, 15) is 4.79 Å². The smallest absolute Gasteiger partial charge is 0.317 e. The molecule has 2 amide bonds. The summed E-state index contributed by atoms with van der Waals surface area (Å²) in [7, 11) is 0. The van der Waals surface area contributed by atoms with Crippen LogP contribution in [0.4, 0.5) is 4.79 Å². The van der Waals surface area contributed by atoms with Crippen LogP contribution in [0.3, 0.4) is 0 Å². The zero-order valence-corrected chi connectivity index (χ0v) is 14.7. The Bertz CT molecular complexity index is 634. The van der Waals surface area contributed by atoms with Gasteiger partial charge in [0, 0.05) is 44.3 Å². The number of ether oxygens (including phenoxy) is 1. The number of amides is 2. The molecule has 2 heterocycles. The molecule has 1 aromatic rings. The van der Waals surface area contributed by atoms with Crippen molar-refractivity contribution in [3.8, 4) is 5.75 Å². The highest BCUT2D eigenvalue weighted by Crippen LogP contribution is 2.30. The Kier molecular flexibility index (Phi) is 4.92. The van der Waals surface area contributed by atoms with Crippen LogP contribution in [0.5, 0.6) is 5.75 Å². The third-order valence-corrected chi connectivity index (χ3v) is 5.39. The van der Waals surface area contributed by atoms with Gasteiger partial charge in [-0.1, -0.05) is 30.4 Å². The van der Waals surface area contributed by atoms with Gasteiger partial charge in [-0.05, 0) is 31.2 Å². The van der Waals surface area contributed by atoms with Crippen LogP contribution in [0.1, 0.15) is 24.8 Å². The van der Waals surface area contributed by atoms with E-state index in [0.717, 1.165) is 56.4 Å². The molecule has 0 spiro atoms. The van der Waals surface area contributed by atoms with E-state index in [2.05, 4.69) is 22.4 Å². The summed E-state index contributed by atoms with van der Waals surface area (Å²) in [4.78, 5) is 16.9. The van der Waals surface area contributed by atoms with Crippen molar-refractivity contribution in [1.82, 2.24) is 15.1 Å². The molecule has 1 aromatic carbocycles. The summed E-state index contributed by atoms with van der Waals surface area (Å²) < 4.78 is 5.92. The van der Waals surface area contributed by atoms with Crippen molar-refractivity contribution >= 4 is 6.03 Å². The van der Waals surface area contributed by atoms with E-state index in [0.29, 0.717) is 12.6 Å². The highest BCUT2D eigenvalue weighted by Gasteiger charge is 2.30. The minimum atomic E-state index is 0.0339. The Morgan fingerprint density at radius 1 is 1.16 bits per heavy atom. The van der Waals surface area contributed by atoms with Gasteiger partial charge in [-0.2, -0.15) is 0 Å². The summed E-state index contributed by atoms with van der Waals surface area (Å²) in [6.45, 7) is 5.02. The van der Waals surface area contributed by atoms with E-state index >= 15 is 0 Å². The van der Waals surface area contributed by atoms with Crippen molar-refractivity contribution in [2.45, 2.75) is 31.8 Å². The second kappa shape index (κ2) is 7.48. The number of hydrogen-bond acceptors (Lipinski definition) is 3. The zero-order valence-electron chi connectivity index (χ0n) is 14.7. The monoisotopic (exact) mass is 341 g/mol. The zero-order chi connectivity index (χ0) is 17.1. The lowest BCUT2D eigenvalue weighted by Gasteiger charge is -2.24. The highest BCUT2D eigenvalue weighted by molar-refractivity contribution is 5.74. The summed E-state index contributed by atoms with van der Waals surface area (Å²) >= 11 is 0. The fourth-order valence-electron chi connectivity index (χ4n) is 3.58. The second-order valence-corrected chi connectivity index (χ2v) is 7.33. The molecule has 0 radical (unpaired) electrons. The minimum absolute atomic E-state index is 0.0339. The summed E-state index contributed by atoms with van der Waals surface area (Å²) in [6.07, 6.45) is 8.04. The molecule has 1 N–H and O–H groups in total. The summed E-state index contributed by atoms with van der Waals surface area (Å²) in [5, 5.41) is 3.07. The molecule has 2 fully saturated rings. The van der Waals surface area contributed by atoms with Crippen molar-refractivity contribution in [2.75, 3.05) is 32.8 Å². The van der Waals surface area contributed by atoms with Crippen LogP contribution in [0.25, 0.3) is 0 Å². The van der Waals surface area contributed by atoms with E-state index < -0.39 is 0 Å². The highest BCUT2D eigenvalue weighted by atomic mass is 16.5. The van der Waals surface area contributed by atoms with Crippen LogP contribution >= 0.6 is 0 Å². The molecule has 1 saturated carbocycles. The predicted octanol–water partition coefficient (Wildman–Crippen LogP) is 2.63. The number of carbonyl (C=O) groups is 1. The molecule has 1 atom stereocenters. The van der Waals surface area contributed by atoms with Crippen LogP contribution in [0.2, 0.25) is 0 Å². The molecular weight excluding hydrogens is 314 g/mol. The summed E-state index contributed by atoms with van der Waals surface area (Å²) in [5.74, 6) is 1.63. The molecule has 4 rings (SSSR count). The SMILES string of the molecule is O=C(NCc1ccccc1OCC1CC1)N1CC[C@H](N2CC=CC2)C1. The topological polar surface area (TPSA) is 44.8 Å². The maximum Gasteiger partial charge on any atom is 0.317 e. The van der Waals surface area contributed by atoms with Crippen LogP contribution in [0, 0.1) is 5.92 Å². The standard InChI is InChI=1S/C20H27N3O2/c24-20(23-12-9-18(14-23)22-10-3-4-11-22)21-13-17-5-1-2-6-19(17)25-15-16-7-8-16/h1-6,16,18H,7-15H2,(H,21,24)/t18-/m0/s1. The fourth-order valence-corrected chi connectivity index (χ4v) is 3.58. The minimum Gasteiger partial charge on any atom is -0.493 e. The second-order valence-electron chi connectivity index (χ2n) is 7.33. The van der Waals surface area contributed by atoms with Crippen LogP contribution in [-0.4, -0.2) is 54.7 Å². The first kappa shape index (κ1) is 16.5. The molecule has 1 aliphatic carbocycles. The molecule has 0 aromatic heterocycles. The maximum absolute atomic E-state index is 12.5. The molecule has 5 nitrogen and oxygen atoms in total. The van der Waals surface area contributed by atoms with E-state index in [1.807, 2.05) is 29.2 Å². The molecule has 2 aliphatic heterocycles. The lowest BCUT2D eigenvalue weighted by molar-refractivity contribution is 0.199. The Morgan fingerprint density at radius 3 is 2.76 bits per heavy atom. The van der Waals surface area contributed by atoms with Gasteiger partial charge >= 0.3 is 6.03 Å². The molecule has 1 saturated heterocycles. The summed E-state index contributed by atoms with van der Waals surface area (Å²) in [5.41, 5.74) is 1.05. The Balaban J connectivity index is 1.27. The van der Waals surface area contributed by atoms with Gasteiger partial charge in [0.25, 0.3) is 0 Å². The first-order chi connectivity index (χ1) is 12.3. The molecule has 25 heavy (non-hydrogen) atoms. The molecule has 5 heteroatoms. The number of hydrogen-bond donors (Lipinski definition) is 1. The lowest BCUT2D eigenvalue weighted by atomic mass is 10.2. The third kappa shape index (κ3) is 4.15. The first-order valence-corrected chi connectivity index (χ1v) is 9.42. The molecular formula is C20H27N3O2. The number of para-hydroxylation sites is 1. The van der Waals surface area contributed by atoms with Crippen LogP contribution in [0.15, 0.2) is 36.4 Å². The quantitative estimate of drug-likeness (QED) is 0.809. The normalized spacial score (nSPS) is 23.2. The van der Waals surface area contributed by atoms with Gasteiger partial charge in [0.1, 0.15) is 5.75 Å². The first-order valence-electron chi connectivity index (χ1n) is 9.42. The Morgan fingerprint density at radius 2 is 1.96 bits per heavy atom. The fraction of sp³-hybridized carbons (Fsp3) is 0.550. The Hall–Kier alpha value is -2.01. The lowest BCUT2D eigenvalue weighted by Crippen LogP contribution is -2.41. The van der Waals surface area contributed by atoms with Gasteiger partial charge in [-0.25, -0.2) is 4.79 Å². The van der Waals surface area contributed by atoms with E-state index in [-0.39, 0.29) is 6.03 Å². The predicted molar refractivity (Wildman–Crippen MR) is 97.6 cm³/mol. The average Bonchev–Trinajstić information content (AvgIpc) is 3.11. The number of urea groups is 1. The molecule has 134 valence electrons. The van der Waals surface area contributed by atoms with Gasteiger partial charge in [-0.15, -0.1) is 0 Å². The third-order valence-electron chi connectivity index (χ3n) is 5.39. The van der Waals surface area contributed by atoms with Gasteiger partial charge in [0.05, 0.1) is 6.61 Å². The van der Waals surface area contributed by atoms with Crippen LogP contribution < -0.4 is 10.1 Å². The van der Waals surface area contributed by atoms with Gasteiger partial charge in [-0.3, -0.25) is 4.90 Å². The number of rotatable bonds is 6. The average molecular weight is 341 g/mol. The van der Waals surface area contributed by atoms with E-state index in [4.69, 9.17) is 4.74 Å². The van der Waals surface area contributed by atoms with E-state index in [1.165, 1.54) is 12.8 Å². The number of nitrogens with one attached hydrogen (secondary N) is 1. The van der Waals surface area contributed by atoms with Crippen molar-refractivity contribution < 1.29 is 9.53 Å². The Labute approximate surface area is 149 Å². The van der Waals surface area contributed by atoms with Gasteiger partial charge < -0.3 is 15.0 Å². The largest absolute Gasteiger partial charge is 0.493 e.